The summed E-state index contributed by atoms with van der Waals surface area (Å²) in [5, 5.41) is 3.65. The number of hydrogen-bond acceptors (Lipinski definition) is 1. The van der Waals surface area contributed by atoms with Gasteiger partial charge in [0.25, 0.3) is 0 Å². The third-order valence-corrected chi connectivity index (χ3v) is 4.27. The highest BCUT2D eigenvalue weighted by Crippen LogP contribution is 2.38. The molecule has 1 heteroatoms. The summed E-state index contributed by atoms with van der Waals surface area (Å²) in [6, 6.07) is 20.5. The van der Waals surface area contributed by atoms with Crippen LogP contribution in [0.2, 0.25) is 0 Å². The molecule has 20 heavy (non-hydrogen) atoms. The molecule has 1 aliphatic carbocycles. The number of aryl methyl sites for hydroxylation is 1. The molecule has 0 unspecified atom stereocenters. The lowest BCUT2D eigenvalue weighted by molar-refractivity contribution is 0.374. The van der Waals surface area contributed by atoms with Crippen LogP contribution in [0.3, 0.4) is 0 Å². The smallest absolute Gasteiger partial charge is 0.0342 e. The second kappa shape index (κ2) is 6.13. The third kappa shape index (κ3) is 3.04. The summed E-state index contributed by atoms with van der Waals surface area (Å²) >= 11 is 0. The van der Waals surface area contributed by atoms with Crippen LogP contribution in [-0.2, 0) is 6.42 Å². The predicted octanol–water partition coefficient (Wildman–Crippen LogP) is 5.00. The molecule has 3 rings (SSSR count). The molecule has 1 saturated carbocycles. The van der Waals surface area contributed by atoms with Gasteiger partial charge in [0.2, 0.25) is 0 Å². The van der Waals surface area contributed by atoms with E-state index < -0.39 is 0 Å². The molecule has 2 aromatic carbocycles. The molecule has 0 aliphatic heterocycles. The van der Waals surface area contributed by atoms with Gasteiger partial charge in [-0.2, -0.15) is 0 Å². The van der Waals surface area contributed by atoms with Gasteiger partial charge in [-0.25, -0.2) is 0 Å². The molecule has 2 aromatic rings. The van der Waals surface area contributed by atoms with Crippen LogP contribution in [0, 0.1) is 0 Å². The Balaban J connectivity index is 1.51. The van der Waals surface area contributed by atoms with E-state index in [9.17, 15) is 0 Å². The fourth-order valence-electron chi connectivity index (χ4n) is 3.03. The fourth-order valence-corrected chi connectivity index (χ4v) is 3.03. The molecule has 0 bridgehead atoms. The van der Waals surface area contributed by atoms with Crippen molar-refractivity contribution in [3.05, 3.63) is 65.7 Å². The van der Waals surface area contributed by atoms with E-state index in [2.05, 4.69) is 66.8 Å². The highest BCUT2D eigenvalue weighted by atomic mass is 14.9. The maximum absolute atomic E-state index is 3.65. The van der Waals surface area contributed by atoms with E-state index in [0.29, 0.717) is 6.04 Å². The Labute approximate surface area is 122 Å². The van der Waals surface area contributed by atoms with E-state index in [1.165, 1.54) is 42.5 Å². The normalized spacial score (nSPS) is 21.2. The first-order valence-electron chi connectivity index (χ1n) is 7.75. The topological polar surface area (TPSA) is 12.0 Å². The van der Waals surface area contributed by atoms with Gasteiger partial charge in [-0.15, -0.1) is 0 Å². The third-order valence-electron chi connectivity index (χ3n) is 4.27. The Bertz CT molecular complexity index is 523. The van der Waals surface area contributed by atoms with E-state index in [1.807, 2.05) is 0 Å². The summed E-state index contributed by atoms with van der Waals surface area (Å²) in [5.41, 5.74) is 4.19. The molecule has 0 heterocycles. The largest absolute Gasteiger partial charge is 0.382 e. The summed E-state index contributed by atoms with van der Waals surface area (Å²) in [4.78, 5) is 0. The standard InChI is InChI=1S/C19H23N/c1-2-6-15-9-11-18(12-10-15)20-19-13-17(14-19)16-7-4-3-5-8-16/h3-5,7-12,17,19-20H,2,6,13-14H2,1H3. The summed E-state index contributed by atoms with van der Waals surface area (Å²) in [5.74, 6) is 0.744. The Morgan fingerprint density at radius 3 is 2.30 bits per heavy atom. The Kier molecular flexibility index (Phi) is 4.05. The summed E-state index contributed by atoms with van der Waals surface area (Å²) in [6.07, 6.45) is 4.90. The van der Waals surface area contributed by atoms with Crippen LogP contribution in [0.5, 0.6) is 0 Å². The van der Waals surface area contributed by atoms with Gasteiger partial charge in [0.05, 0.1) is 0 Å². The van der Waals surface area contributed by atoms with Crippen molar-refractivity contribution in [1.82, 2.24) is 0 Å². The van der Waals surface area contributed by atoms with Crippen LogP contribution in [0.25, 0.3) is 0 Å². The monoisotopic (exact) mass is 265 g/mol. The molecule has 0 amide bonds. The highest BCUT2D eigenvalue weighted by Gasteiger charge is 2.29. The molecule has 0 aromatic heterocycles. The molecule has 104 valence electrons. The van der Waals surface area contributed by atoms with Crippen molar-refractivity contribution in [2.75, 3.05) is 5.32 Å². The maximum Gasteiger partial charge on any atom is 0.0342 e. The second-order valence-corrected chi connectivity index (χ2v) is 5.87. The first kappa shape index (κ1) is 13.2. The van der Waals surface area contributed by atoms with Gasteiger partial charge in [0.1, 0.15) is 0 Å². The molecule has 0 saturated heterocycles. The van der Waals surface area contributed by atoms with Gasteiger partial charge in [0, 0.05) is 11.7 Å². The van der Waals surface area contributed by atoms with E-state index >= 15 is 0 Å². The molecule has 1 nitrogen and oxygen atoms in total. The number of anilines is 1. The molecule has 0 atom stereocenters. The average molecular weight is 265 g/mol. The lowest BCUT2D eigenvalue weighted by Crippen LogP contribution is -2.33. The average Bonchev–Trinajstić information content (AvgIpc) is 2.45. The Morgan fingerprint density at radius 2 is 1.65 bits per heavy atom. The first-order chi connectivity index (χ1) is 9.85. The van der Waals surface area contributed by atoms with Crippen molar-refractivity contribution in [1.29, 1.82) is 0 Å². The minimum Gasteiger partial charge on any atom is -0.382 e. The van der Waals surface area contributed by atoms with Crippen molar-refractivity contribution in [3.8, 4) is 0 Å². The SMILES string of the molecule is CCCc1ccc(NC2CC(c3ccccc3)C2)cc1. The van der Waals surface area contributed by atoms with E-state index in [-0.39, 0.29) is 0 Å². The Hall–Kier alpha value is -1.76. The van der Waals surface area contributed by atoms with Crippen molar-refractivity contribution in [2.45, 2.75) is 44.6 Å². The van der Waals surface area contributed by atoms with Gasteiger partial charge >= 0.3 is 0 Å². The second-order valence-electron chi connectivity index (χ2n) is 5.87. The molecular weight excluding hydrogens is 242 g/mol. The summed E-state index contributed by atoms with van der Waals surface area (Å²) in [6.45, 7) is 2.23. The van der Waals surface area contributed by atoms with E-state index in [1.54, 1.807) is 0 Å². The van der Waals surface area contributed by atoms with Gasteiger partial charge in [0.15, 0.2) is 0 Å². The summed E-state index contributed by atoms with van der Waals surface area (Å²) in [7, 11) is 0. The molecule has 1 fully saturated rings. The van der Waals surface area contributed by atoms with E-state index in [0.717, 1.165) is 5.92 Å². The molecule has 1 aliphatic rings. The van der Waals surface area contributed by atoms with Crippen molar-refractivity contribution < 1.29 is 0 Å². The minimum atomic E-state index is 0.636. The van der Waals surface area contributed by atoms with Crippen molar-refractivity contribution in [3.63, 3.8) is 0 Å². The Morgan fingerprint density at radius 1 is 0.950 bits per heavy atom. The predicted molar refractivity (Wildman–Crippen MR) is 86.3 cm³/mol. The van der Waals surface area contributed by atoms with Crippen LogP contribution >= 0.6 is 0 Å². The minimum absolute atomic E-state index is 0.636. The van der Waals surface area contributed by atoms with Gasteiger partial charge in [-0.3, -0.25) is 0 Å². The molecular formula is C19H23N. The van der Waals surface area contributed by atoms with Crippen molar-refractivity contribution in [2.24, 2.45) is 0 Å². The number of nitrogens with one attached hydrogen (secondary N) is 1. The lowest BCUT2D eigenvalue weighted by Gasteiger charge is -2.37. The fraction of sp³-hybridized carbons (Fsp3) is 0.368. The zero-order valence-electron chi connectivity index (χ0n) is 12.2. The quantitative estimate of drug-likeness (QED) is 0.802. The molecule has 0 spiro atoms. The number of hydrogen-bond donors (Lipinski definition) is 1. The first-order valence-corrected chi connectivity index (χ1v) is 7.75. The molecule has 0 radical (unpaired) electrons. The highest BCUT2D eigenvalue weighted by molar-refractivity contribution is 5.46. The van der Waals surface area contributed by atoms with Gasteiger partial charge < -0.3 is 5.32 Å². The number of rotatable bonds is 5. The lowest BCUT2D eigenvalue weighted by atomic mass is 9.76. The van der Waals surface area contributed by atoms with Crippen LogP contribution in [-0.4, -0.2) is 6.04 Å². The van der Waals surface area contributed by atoms with Crippen LogP contribution < -0.4 is 5.32 Å². The maximum atomic E-state index is 3.65. The van der Waals surface area contributed by atoms with Crippen LogP contribution in [0.1, 0.15) is 43.2 Å². The zero-order valence-corrected chi connectivity index (χ0v) is 12.2. The number of benzene rings is 2. The van der Waals surface area contributed by atoms with Crippen LogP contribution in [0.15, 0.2) is 54.6 Å². The van der Waals surface area contributed by atoms with Crippen molar-refractivity contribution >= 4 is 5.69 Å². The summed E-state index contributed by atoms with van der Waals surface area (Å²) < 4.78 is 0. The zero-order chi connectivity index (χ0) is 13.8. The molecule has 1 N–H and O–H groups in total. The van der Waals surface area contributed by atoms with Gasteiger partial charge in [-0.1, -0.05) is 55.8 Å². The van der Waals surface area contributed by atoms with Crippen LogP contribution in [0.4, 0.5) is 5.69 Å². The van der Waals surface area contributed by atoms with E-state index in [4.69, 9.17) is 0 Å². The van der Waals surface area contributed by atoms with Gasteiger partial charge in [-0.05, 0) is 48.4 Å².